The van der Waals surface area contributed by atoms with Gasteiger partial charge in [0, 0.05) is 29.4 Å². The van der Waals surface area contributed by atoms with Gasteiger partial charge in [0.25, 0.3) is 5.69 Å². The molecule has 0 aliphatic rings. The first-order chi connectivity index (χ1) is 10.6. The summed E-state index contributed by atoms with van der Waals surface area (Å²) in [4.78, 5) is 15.0. The van der Waals surface area contributed by atoms with Gasteiger partial charge in [0.1, 0.15) is 5.69 Å². The smallest absolute Gasteiger partial charge is 0.294 e. The van der Waals surface area contributed by atoms with Gasteiger partial charge in [0.05, 0.1) is 10.6 Å². The fraction of sp³-hybridized carbons (Fsp3) is 0.357. The molecule has 0 saturated heterocycles. The fourth-order valence-corrected chi connectivity index (χ4v) is 2.80. The van der Waals surface area contributed by atoms with Crippen molar-refractivity contribution in [2.45, 2.75) is 19.8 Å². The van der Waals surface area contributed by atoms with Crippen molar-refractivity contribution >= 4 is 39.4 Å². The zero-order valence-corrected chi connectivity index (χ0v) is 13.7. The maximum Gasteiger partial charge on any atom is 0.294 e. The lowest BCUT2D eigenvalue weighted by molar-refractivity contribution is -0.383. The minimum absolute atomic E-state index is 0.0612. The molecule has 0 bridgehead atoms. The first-order valence-corrected chi connectivity index (χ1v) is 8.22. The summed E-state index contributed by atoms with van der Waals surface area (Å²) < 4.78 is 0. The fourth-order valence-electron chi connectivity index (χ4n) is 1.87. The summed E-state index contributed by atoms with van der Waals surface area (Å²) in [6, 6.07) is 4.53. The van der Waals surface area contributed by atoms with Gasteiger partial charge < -0.3 is 10.6 Å². The number of hydrogen-bond acceptors (Lipinski definition) is 6. The highest BCUT2D eigenvalue weighted by atomic mass is 35.5. The molecule has 2 aromatic rings. The number of benzene rings is 1. The highest BCUT2D eigenvalue weighted by Crippen LogP contribution is 2.31. The van der Waals surface area contributed by atoms with Crippen LogP contribution in [0.25, 0.3) is 0 Å². The van der Waals surface area contributed by atoms with E-state index in [4.69, 9.17) is 11.6 Å². The van der Waals surface area contributed by atoms with Crippen LogP contribution in [0.3, 0.4) is 0 Å². The third kappa shape index (κ3) is 4.66. The highest BCUT2D eigenvalue weighted by Gasteiger charge is 2.15. The van der Waals surface area contributed by atoms with Crippen LogP contribution in [0.5, 0.6) is 0 Å². The molecule has 1 heterocycles. The molecule has 1 aromatic heterocycles. The Hall–Kier alpha value is -1.70. The number of hydrogen-bond donors (Lipinski definition) is 2. The van der Waals surface area contributed by atoms with Crippen molar-refractivity contribution in [3.8, 4) is 0 Å². The van der Waals surface area contributed by atoms with Gasteiger partial charge in [-0.3, -0.25) is 10.1 Å². The SMILES string of the molecule is CCCNCCc1csc(Nc2ccc(Cl)cc2[N+](=O)[O-])n1. The molecular weight excluding hydrogens is 324 g/mol. The zero-order valence-electron chi connectivity index (χ0n) is 12.1. The Morgan fingerprint density at radius 3 is 2.95 bits per heavy atom. The van der Waals surface area contributed by atoms with Crippen molar-refractivity contribution in [3.63, 3.8) is 0 Å². The van der Waals surface area contributed by atoms with E-state index in [2.05, 4.69) is 22.5 Å². The predicted octanol–water partition coefficient (Wildman–Crippen LogP) is 3.99. The van der Waals surface area contributed by atoms with E-state index in [0.29, 0.717) is 15.8 Å². The Labute approximate surface area is 137 Å². The van der Waals surface area contributed by atoms with E-state index < -0.39 is 4.92 Å². The molecule has 0 atom stereocenters. The quantitative estimate of drug-likeness (QED) is 0.431. The number of anilines is 2. The number of nitrogens with one attached hydrogen (secondary N) is 2. The largest absolute Gasteiger partial charge is 0.326 e. The van der Waals surface area contributed by atoms with Crippen molar-refractivity contribution in [2.24, 2.45) is 0 Å². The Balaban J connectivity index is 2.02. The molecular formula is C14H17ClN4O2S. The van der Waals surface area contributed by atoms with E-state index in [-0.39, 0.29) is 5.69 Å². The lowest BCUT2D eigenvalue weighted by Gasteiger charge is -2.04. The van der Waals surface area contributed by atoms with Crippen LogP contribution in [0.4, 0.5) is 16.5 Å². The van der Waals surface area contributed by atoms with Crippen LogP contribution in [0.2, 0.25) is 5.02 Å². The number of nitrogens with zero attached hydrogens (tertiary/aromatic N) is 2. The van der Waals surface area contributed by atoms with Gasteiger partial charge in [-0.05, 0) is 25.1 Å². The number of nitro benzene ring substituents is 1. The van der Waals surface area contributed by atoms with Gasteiger partial charge in [-0.1, -0.05) is 18.5 Å². The summed E-state index contributed by atoms with van der Waals surface area (Å²) in [5.41, 5.74) is 1.29. The topological polar surface area (TPSA) is 80.1 Å². The van der Waals surface area contributed by atoms with Crippen LogP contribution in [0, 0.1) is 10.1 Å². The maximum atomic E-state index is 11.1. The third-order valence-electron chi connectivity index (χ3n) is 2.93. The third-order valence-corrected chi connectivity index (χ3v) is 3.98. The molecule has 0 aliphatic carbocycles. The Kier molecular flexibility index (Phi) is 6.11. The highest BCUT2D eigenvalue weighted by molar-refractivity contribution is 7.13. The van der Waals surface area contributed by atoms with Gasteiger partial charge in [-0.15, -0.1) is 11.3 Å². The standard InChI is InChI=1S/C14H17ClN4O2S/c1-2-6-16-7-5-11-9-22-14(17-11)18-12-4-3-10(15)8-13(12)19(20)21/h3-4,8-9,16H,2,5-7H2,1H3,(H,17,18). The molecule has 0 amide bonds. The molecule has 8 heteroatoms. The van der Waals surface area contributed by atoms with Crippen LogP contribution in [-0.4, -0.2) is 23.0 Å². The van der Waals surface area contributed by atoms with Gasteiger partial charge in [-0.2, -0.15) is 0 Å². The predicted molar refractivity (Wildman–Crippen MR) is 90.4 cm³/mol. The lowest BCUT2D eigenvalue weighted by Crippen LogP contribution is -2.17. The number of rotatable bonds is 8. The Morgan fingerprint density at radius 2 is 2.23 bits per heavy atom. The van der Waals surface area contributed by atoms with Crippen LogP contribution in [0.1, 0.15) is 19.0 Å². The van der Waals surface area contributed by atoms with E-state index in [1.54, 1.807) is 12.1 Å². The number of aromatic nitrogens is 1. The second kappa shape index (κ2) is 8.07. The molecule has 0 saturated carbocycles. The summed E-state index contributed by atoms with van der Waals surface area (Å²) in [7, 11) is 0. The minimum Gasteiger partial charge on any atom is -0.326 e. The molecule has 2 rings (SSSR count). The average molecular weight is 341 g/mol. The molecule has 22 heavy (non-hydrogen) atoms. The van der Waals surface area contributed by atoms with Crippen LogP contribution in [-0.2, 0) is 6.42 Å². The summed E-state index contributed by atoms with van der Waals surface area (Å²) in [6.45, 7) is 3.99. The molecule has 0 aliphatic heterocycles. The lowest BCUT2D eigenvalue weighted by atomic mass is 10.2. The van der Waals surface area contributed by atoms with E-state index in [1.165, 1.54) is 17.4 Å². The van der Waals surface area contributed by atoms with Crippen LogP contribution in [0.15, 0.2) is 23.6 Å². The normalized spacial score (nSPS) is 10.6. The second-order valence-electron chi connectivity index (χ2n) is 4.69. The molecule has 1 aromatic carbocycles. The Bertz CT molecular complexity index is 648. The van der Waals surface area contributed by atoms with Crippen molar-refractivity contribution in [1.82, 2.24) is 10.3 Å². The molecule has 0 fully saturated rings. The number of thiazole rings is 1. The summed E-state index contributed by atoms with van der Waals surface area (Å²) in [5.74, 6) is 0. The van der Waals surface area contributed by atoms with Crippen molar-refractivity contribution in [1.29, 1.82) is 0 Å². The van der Waals surface area contributed by atoms with Crippen LogP contribution >= 0.6 is 22.9 Å². The first kappa shape index (κ1) is 16.7. The summed E-state index contributed by atoms with van der Waals surface area (Å²) in [6.07, 6.45) is 1.94. The summed E-state index contributed by atoms with van der Waals surface area (Å²) in [5, 5.41) is 20.3. The van der Waals surface area contributed by atoms with Crippen molar-refractivity contribution < 1.29 is 4.92 Å². The average Bonchev–Trinajstić information content (AvgIpc) is 2.93. The monoisotopic (exact) mass is 340 g/mol. The van der Waals surface area contributed by atoms with Crippen molar-refractivity contribution in [3.05, 3.63) is 44.4 Å². The molecule has 2 N–H and O–H groups in total. The second-order valence-corrected chi connectivity index (χ2v) is 5.98. The zero-order chi connectivity index (χ0) is 15.9. The Morgan fingerprint density at radius 1 is 1.41 bits per heavy atom. The molecule has 0 radical (unpaired) electrons. The molecule has 6 nitrogen and oxygen atoms in total. The molecule has 0 spiro atoms. The van der Waals surface area contributed by atoms with Gasteiger partial charge in [-0.25, -0.2) is 4.98 Å². The van der Waals surface area contributed by atoms with E-state index in [1.807, 2.05) is 5.38 Å². The number of halogens is 1. The molecule has 118 valence electrons. The van der Waals surface area contributed by atoms with Crippen LogP contribution < -0.4 is 10.6 Å². The minimum atomic E-state index is -0.461. The van der Waals surface area contributed by atoms with E-state index in [0.717, 1.165) is 31.6 Å². The first-order valence-electron chi connectivity index (χ1n) is 6.96. The van der Waals surface area contributed by atoms with Gasteiger partial charge >= 0.3 is 0 Å². The molecule has 0 unspecified atom stereocenters. The summed E-state index contributed by atoms with van der Waals surface area (Å²) >= 11 is 7.23. The van der Waals surface area contributed by atoms with Gasteiger partial charge in [0.15, 0.2) is 5.13 Å². The van der Waals surface area contributed by atoms with Crippen molar-refractivity contribution in [2.75, 3.05) is 18.4 Å². The van der Waals surface area contributed by atoms with E-state index in [9.17, 15) is 10.1 Å². The van der Waals surface area contributed by atoms with E-state index >= 15 is 0 Å². The van der Waals surface area contributed by atoms with Gasteiger partial charge in [0.2, 0.25) is 0 Å². The maximum absolute atomic E-state index is 11.1. The number of nitro groups is 1.